The third kappa shape index (κ3) is 5.40. The van der Waals surface area contributed by atoms with Crippen molar-refractivity contribution in [1.29, 1.82) is 0 Å². The topological polar surface area (TPSA) is 55.4 Å². The molecule has 0 saturated heterocycles. The summed E-state index contributed by atoms with van der Waals surface area (Å²) in [5.74, 6) is 0.355. The van der Waals surface area contributed by atoms with Gasteiger partial charge in [0.1, 0.15) is 12.0 Å². The third-order valence-corrected chi connectivity index (χ3v) is 3.17. The lowest BCUT2D eigenvalue weighted by molar-refractivity contribution is -0.123. The van der Waals surface area contributed by atoms with Gasteiger partial charge in [-0.2, -0.15) is 0 Å². The van der Waals surface area contributed by atoms with Gasteiger partial charge in [0, 0.05) is 12.1 Å². The van der Waals surface area contributed by atoms with Gasteiger partial charge in [0.25, 0.3) is 5.91 Å². The maximum Gasteiger partial charge on any atom is 0.257 e. The van der Waals surface area contributed by atoms with E-state index in [1.54, 1.807) is 24.3 Å². The molecule has 0 atom stereocenters. The molecule has 0 bridgehead atoms. The Balaban J connectivity index is 1.64. The molecule has 0 aliphatic heterocycles. The van der Waals surface area contributed by atoms with Crippen molar-refractivity contribution in [3.8, 4) is 5.75 Å². The molecule has 0 saturated carbocycles. The van der Waals surface area contributed by atoms with Crippen LogP contribution in [0.15, 0.2) is 54.6 Å². The first-order chi connectivity index (χ1) is 10.8. The van der Waals surface area contributed by atoms with Crippen LogP contribution in [0.25, 0.3) is 0 Å². The van der Waals surface area contributed by atoms with Crippen LogP contribution in [0.4, 0.5) is 0 Å². The minimum absolute atomic E-state index is 0.0480. The Morgan fingerprint density at radius 3 is 2.68 bits per heavy atom. The van der Waals surface area contributed by atoms with Crippen molar-refractivity contribution in [2.45, 2.75) is 12.8 Å². The first-order valence-electron chi connectivity index (χ1n) is 7.26. The smallest absolute Gasteiger partial charge is 0.257 e. The molecule has 0 heterocycles. The molecule has 22 heavy (non-hydrogen) atoms. The van der Waals surface area contributed by atoms with Gasteiger partial charge >= 0.3 is 0 Å². The van der Waals surface area contributed by atoms with Crippen LogP contribution in [0.5, 0.6) is 5.75 Å². The Morgan fingerprint density at radius 2 is 1.91 bits per heavy atom. The molecule has 1 N–H and O–H groups in total. The van der Waals surface area contributed by atoms with E-state index >= 15 is 0 Å². The van der Waals surface area contributed by atoms with Crippen LogP contribution < -0.4 is 10.1 Å². The second kappa shape index (κ2) is 8.62. The van der Waals surface area contributed by atoms with Gasteiger partial charge in [-0.25, -0.2) is 0 Å². The fraction of sp³-hybridized carbons (Fsp3) is 0.222. The second-order valence-electron chi connectivity index (χ2n) is 4.92. The fourth-order valence-corrected chi connectivity index (χ4v) is 2.04. The van der Waals surface area contributed by atoms with Crippen LogP contribution in [0.1, 0.15) is 22.3 Å². The summed E-state index contributed by atoms with van der Waals surface area (Å²) in [7, 11) is 0. The average Bonchev–Trinajstić information content (AvgIpc) is 2.58. The molecule has 2 rings (SSSR count). The summed E-state index contributed by atoms with van der Waals surface area (Å²) in [6, 6.07) is 16.9. The van der Waals surface area contributed by atoms with Crippen molar-refractivity contribution in [3.63, 3.8) is 0 Å². The molecule has 1 amide bonds. The Labute approximate surface area is 130 Å². The molecule has 0 fully saturated rings. The summed E-state index contributed by atoms with van der Waals surface area (Å²) in [5.41, 5.74) is 1.79. The Hall–Kier alpha value is -2.62. The summed E-state index contributed by atoms with van der Waals surface area (Å²) < 4.78 is 5.35. The number of carbonyl (C=O) groups excluding carboxylic acids is 2. The second-order valence-corrected chi connectivity index (χ2v) is 4.92. The summed E-state index contributed by atoms with van der Waals surface area (Å²) >= 11 is 0. The molecule has 0 unspecified atom stereocenters. The quantitative estimate of drug-likeness (QED) is 0.602. The summed E-state index contributed by atoms with van der Waals surface area (Å²) in [5, 5.41) is 2.82. The van der Waals surface area contributed by atoms with Crippen LogP contribution in [0.3, 0.4) is 0 Å². The molecule has 0 spiro atoms. The SMILES string of the molecule is O=Cc1cccc(OCC(=O)NCCCc2ccccc2)c1. The molecule has 4 heteroatoms. The lowest BCUT2D eigenvalue weighted by Crippen LogP contribution is -2.29. The number of aryl methyl sites for hydroxylation is 1. The highest BCUT2D eigenvalue weighted by Crippen LogP contribution is 2.11. The highest BCUT2D eigenvalue weighted by molar-refractivity contribution is 5.78. The van der Waals surface area contributed by atoms with Gasteiger partial charge in [0.15, 0.2) is 6.61 Å². The zero-order chi connectivity index (χ0) is 15.6. The molecule has 0 aliphatic carbocycles. The highest BCUT2D eigenvalue weighted by atomic mass is 16.5. The predicted molar refractivity (Wildman–Crippen MR) is 85.1 cm³/mol. The van der Waals surface area contributed by atoms with E-state index in [1.807, 2.05) is 18.2 Å². The number of aldehydes is 1. The van der Waals surface area contributed by atoms with Gasteiger partial charge in [-0.15, -0.1) is 0 Å². The number of hydrogen-bond acceptors (Lipinski definition) is 3. The molecule has 114 valence electrons. The zero-order valence-electron chi connectivity index (χ0n) is 12.3. The zero-order valence-corrected chi connectivity index (χ0v) is 12.3. The molecule has 2 aromatic carbocycles. The molecule has 0 aromatic heterocycles. The Morgan fingerprint density at radius 1 is 1.09 bits per heavy atom. The Bertz CT molecular complexity index is 611. The molecular weight excluding hydrogens is 278 g/mol. The van der Waals surface area contributed by atoms with Crippen molar-refractivity contribution in [1.82, 2.24) is 5.32 Å². The maximum atomic E-state index is 11.7. The van der Waals surface area contributed by atoms with Gasteiger partial charge < -0.3 is 10.1 Å². The minimum atomic E-state index is -0.162. The number of nitrogens with one attached hydrogen (secondary N) is 1. The van der Waals surface area contributed by atoms with E-state index in [4.69, 9.17) is 4.74 Å². The van der Waals surface area contributed by atoms with Gasteiger partial charge in [-0.3, -0.25) is 9.59 Å². The van der Waals surface area contributed by atoms with Crippen molar-refractivity contribution in [3.05, 3.63) is 65.7 Å². The van der Waals surface area contributed by atoms with Crippen LogP contribution >= 0.6 is 0 Å². The molecule has 0 aliphatic rings. The number of ether oxygens (including phenoxy) is 1. The number of benzene rings is 2. The van der Waals surface area contributed by atoms with Crippen molar-refractivity contribution in [2.24, 2.45) is 0 Å². The lowest BCUT2D eigenvalue weighted by atomic mass is 10.1. The highest BCUT2D eigenvalue weighted by Gasteiger charge is 2.03. The lowest BCUT2D eigenvalue weighted by Gasteiger charge is -2.08. The molecular formula is C18H19NO3. The van der Waals surface area contributed by atoms with Gasteiger partial charge in [-0.1, -0.05) is 42.5 Å². The number of rotatable bonds is 8. The fourth-order valence-electron chi connectivity index (χ4n) is 2.04. The normalized spacial score (nSPS) is 10.0. The van der Waals surface area contributed by atoms with Crippen LogP contribution in [-0.2, 0) is 11.2 Å². The van der Waals surface area contributed by atoms with E-state index in [-0.39, 0.29) is 12.5 Å². The predicted octanol–water partition coefficient (Wildman–Crippen LogP) is 2.63. The average molecular weight is 297 g/mol. The molecule has 2 aromatic rings. The monoisotopic (exact) mass is 297 g/mol. The van der Waals surface area contributed by atoms with Crippen molar-refractivity contribution >= 4 is 12.2 Å². The van der Waals surface area contributed by atoms with Gasteiger partial charge in [0.2, 0.25) is 0 Å². The van der Waals surface area contributed by atoms with Crippen LogP contribution in [-0.4, -0.2) is 25.3 Å². The largest absolute Gasteiger partial charge is 0.484 e. The van der Waals surface area contributed by atoms with E-state index in [1.165, 1.54) is 5.56 Å². The third-order valence-electron chi connectivity index (χ3n) is 3.17. The van der Waals surface area contributed by atoms with Gasteiger partial charge in [0.05, 0.1) is 0 Å². The van der Waals surface area contributed by atoms with Crippen molar-refractivity contribution in [2.75, 3.05) is 13.2 Å². The maximum absolute atomic E-state index is 11.7. The minimum Gasteiger partial charge on any atom is -0.484 e. The molecule has 0 radical (unpaired) electrons. The number of amides is 1. The van der Waals surface area contributed by atoms with E-state index in [9.17, 15) is 9.59 Å². The number of hydrogen-bond donors (Lipinski definition) is 1. The van der Waals surface area contributed by atoms with Crippen molar-refractivity contribution < 1.29 is 14.3 Å². The van der Waals surface area contributed by atoms with Crippen LogP contribution in [0.2, 0.25) is 0 Å². The first-order valence-corrected chi connectivity index (χ1v) is 7.26. The Kier molecular flexibility index (Phi) is 6.18. The number of carbonyl (C=O) groups is 2. The summed E-state index contributed by atoms with van der Waals surface area (Å²) in [6.45, 7) is 0.569. The molecule has 4 nitrogen and oxygen atoms in total. The van der Waals surface area contributed by atoms with Gasteiger partial charge in [-0.05, 0) is 30.5 Å². The van der Waals surface area contributed by atoms with Crippen LogP contribution in [0, 0.1) is 0 Å². The van der Waals surface area contributed by atoms with E-state index in [0.717, 1.165) is 19.1 Å². The summed E-state index contributed by atoms with van der Waals surface area (Å²) in [4.78, 5) is 22.3. The van der Waals surface area contributed by atoms with E-state index in [0.29, 0.717) is 17.9 Å². The van der Waals surface area contributed by atoms with E-state index < -0.39 is 0 Å². The van der Waals surface area contributed by atoms with E-state index in [2.05, 4.69) is 17.4 Å². The summed E-state index contributed by atoms with van der Waals surface area (Å²) in [6.07, 6.45) is 2.57. The standard InChI is InChI=1S/C18H19NO3/c20-13-16-8-4-10-17(12-16)22-14-18(21)19-11-5-9-15-6-2-1-3-7-15/h1-4,6-8,10,12-13H,5,9,11,14H2,(H,19,21). The first kappa shape index (κ1) is 15.8.